The Labute approximate surface area is 109 Å². The number of fused-ring (bicyclic) bond motifs is 4. The van der Waals surface area contributed by atoms with Gasteiger partial charge in [0.15, 0.2) is 0 Å². The van der Waals surface area contributed by atoms with Crippen molar-refractivity contribution in [3.8, 4) is 0 Å². The van der Waals surface area contributed by atoms with Crippen molar-refractivity contribution in [2.45, 2.75) is 0 Å². The van der Waals surface area contributed by atoms with Gasteiger partial charge in [0.05, 0.1) is 22.2 Å². The fraction of sp³-hybridized carbons (Fsp3) is 0. The van der Waals surface area contributed by atoms with Crippen LogP contribution in [0.5, 0.6) is 0 Å². The van der Waals surface area contributed by atoms with Gasteiger partial charge in [0.2, 0.25) is 0 Å². The zero-order chi connectivity index (χ0) is 12.8. The fourth-order valence-corrected chi connectivity index (χ4v) is 2.51. The van der Waals surface area contributed by atoms with Crippen molar-refractivity contribution in [2.24, 2.45) is 0 Å². The van der Waals surface area contributed by atoms with Crippen molar-refractivity contribution in [3.05, 3.63) is 54.7 Å². The van der Waals surface area contributed by atoms with Crippen LogP contribution in [-0.2, 0) is 0 Å². The lowest BCUT2D eigenvalue weighted by molar-refractivity contribution is 1.42. The van der Waals surface area contributed by atoms with Crippen molar-refractivity contribution in [2.75, 3.05) is 5.73 Å². The van der Waals surface area contributed by atoms with Crippen LogP contribution in [0.2, 0.25) is 0 Å². The molecule has 0 bridgehead atoms. The highest BCUT2D eigenvalue weighted by molar-refractivity contribution is 6.13. The van der Waals surface area contributed by atoms with Crippen molar-refractivity contribution in [3.63, 3.8) is 0 Å². The van der Waals surface area contributed by atoms with Gasteiger partial charge in [0.1, 0.15) is 0 Å². The standard InChI is InChI=1S/C16H11N3/c17-15-10-5-1-4-8-14(10)19-16-11-6-2-3-7-13(11)18-9-12(15)16/h1-9H,(H2,17,19). The molecule has 0 radical (unpaired) electrons. The molecule has 0 aliphatic rings. The summed E-state index contributed by atoms with van der Waals surface area (Å²) in [6, 6.07) is 15.9. The highest BCUT2D eigenvalue weighted by atomic mass is 14.8. The molecule has 0 unspecified atom stereocenters. The number of aromatic nitrogens is 2. The Morgan fingerprint density at radius 1 is 0.737 bits per heavy atom. The van der Waals surface area contributed by atoms with E-state index in [0.717, 1.165) is 38.4 Å². The molecule has 19 heavy (non-hydrogen) atoms. The molecule has 0 spiro atoms. The first-order chi connectivity index (χ1) is 9.34. The van der Waals surface area contributed by atoms with Crippen LogP contribution in [0.4, 0.5) is 5.69 Å². The number of hydrogen-bond donors (Lipinski definition) is 1. The Morgan fingerprint density at radius 3 is 2.26 bits per heavy atom. The molecule has 3 heteroatoms. The Bertz CT molecular complexity index is 929. The van der Waals surface area contributed by atoms with Crippen LogP contribution in [-0.4, -0.2) is 9.97 Å². The quantitative estimate of drug-likeness (QED) is 0.381. The molecule has 0 fully saturated rings. The van der Waals surface area contributed by atoms with Gasteiger partial charge in [0, 0.05) is 22.4 Å². The van der Waals surface area contributed by atoms with Gasteiger partial charge in [-0.25, -0.2) is 4.98 Å². The van der Waals surface area contributed by atoms with Crippen LogP contribution in [0.25, 0.3) is 32.7 Å². The summed E-state index contributed by atoms with van der Waals surface area (Å²) in [4.78, 5) is 9.20. The lowest BCUT2D eigenvalue weighted by Gasteiger charge is -2.08. The number of nitrogens with zero attached hydrogens (tertiary/aromatic N) is 2. The van der Waals surface area contributed by atoms with Gasteiger partial charge < -0.3 is 5.73 Å². The van der Waals surface area contributed by atoms with E-state index in [9.17, 15) is 0 Å². The summed E-state index contributed by atoms with van der Waals surface area (Å²) in [7, 11) is 0. The third-order valence-corrected chi connectivity index (χ3v) is 3.46. The van der Waals surface area contributed by atoms with Gasteiger partial charge >= 0.3 is 0 Å². The van der Waals surface area contributed by atoms with Crippen LogP contribution in [0.15, 0.2) is 54.7 Å². The third kappa shape index (κ3) is 1.38. The number of hydrogen-bond acceptors (Lipinski definition) is 3. The highest BCUT2D eigenvalue weighted by Gasteiger charge is 2.09. The molecule has 2 aromatic carbocycles. The second-order valence-corrected chi connectivity index (χ2v) is 4.58. The number of benzene rings is 2. The summed E-state index contributed by atoms with van der Waals surface area (Å²) in [6.45, 7) is 0. The number of pyridine rings is 2. The monoisotopic (exact) mass is 245 g/mol. The molecule has 2 aromatic heterocycles. The average molecular weight is 245 g/mol. The van der Waals surface area contributed by atoms with Crippen molar-refractivity contribution >= 4 is 38.4 Å². The maximum atomic E-state index is 6.27. The summed E-state index contributed by atoms with van der Waals surface area (Å²) in [5.74, 6) is 0. The van der Waals surface area contributed by atoms with Gasteiger partial charge in [-0.2, -0.15) is 0 Å². The fourth-order valence-electron chi connectivity index (χ4n) is 2.51. The lowest BCUT2D eigenvalue weighted by atomic mass is 10.1. The normalized spacial score (nSPS) is 11.4. The van der Waals surface area contributed by atoms with Gasteiger partial charge in [-0.3, -0.25) is 4.98 Å². The molecule has 0 aliphatic carbocycles. The highest BCUT2D eigenvalue weighted by Crippen LogP contribution is 2.31. The van der Waals surface area contributed by atoms with Crippen LogP contribution < -0.4 is 5.73 Å². The van der Waals surface area contributed by atoms with Crippen LogP contribution >= 0.6 is 0 Å². The van der Waals surface area contributed by atoms with Gasteiger partial charge in [-0.1, -0.05) is 36.4 Å². The van der Waals surface area contributed by atoms with Crippen LogP contribution in [0.3, 0.4) is 0 Å². The van der Waals surface area contributed by atoms with E-state index in [4.69, 9.17) is 10.7 Å². The predicted octanol–water partition coefficient (Wildman–Crippen LogP) is 3.52. The molecule has 90 valence electrons. The van der Waals surface area contributed by atoms with E-state index in [1.165, 1.54) is 0 Å². The first kappa shape index (κ1) is 10.3. The number of nitrogen functional groups attached to an aromatic ring is 1. The van der Waals surface area contributed by atoms with E-state index in [-0.39, 0.29) is 0 Å². The van der Waals surface area contributed by atoms with E-state index in [1.54, 1.807) is 0 Å². The summed E-state index contributed by atoms with van der Waals surface area (Å²) in [6.07, 6.45) is 1.81. The molecule has 0 saturated heterocycles. The average Bonchev–Trinajstić information content (AvgIpc) is 2.47. The minimum atomic E-state index is 0.749. The molecule has 0 atom stereocenters. The number of nitrogens with two attached hydrogens (primary N) is 1. The second kappa shape index (κ2) is 3.65. The van der Waals surface area contributed by atoms with Gasteiger partial charge in [-0.05, 0) is 12.1 Å². The van der Waals surface area contributed by atoms with E-state index in [2.05, 4.69) is 4.98 Å². The first-order valence-corrected chi connectivity index (χ1v) is 6.16. The van der Waals surface area contributed by atoms with E-state index in [0.29, 0.717) is 0 Å². The van der Waals surface area contributed by atoms with Gasteiger partial charge in [-0.15, -0.1) is 0 Å². The van der Waals surface area contributed by atoms with Crippen molar-refractivity contribution < 1.29 is 0 Å². The molecule has 3 nitrogen and oxygen atoms in total. The Balaban J connectivity index is 2.32. The molecule has 4 rings (SSSR count). The summed E-state index contributed by atoms with van der Waals surface area (Å²) < 4.78 is 0. The SMILES string of the molecule is Nc1c2ccccc2nc2c1cnc1ccccc12. The van der Waals surface area contributed by atoms with Crippen LogP contribution in [0, 0.1) is 0 Å². The molecular weight excluding hydrogens is 234 g/mol. The van der Waals surface area contributed by atoms with E-state index < -0.39 is 0 Å². The topological polar surface area (TPSA) is 51.8 Å². The summed E-state index contributed by atoms with van der Waals surface area (Å²) >= 11 is 0. The van der Waals surface area contributed by atoms with Crippen LogP contribution in [0.1, 0.15) is 0 Å². The van der Waals surface area contributed by atoms with E-state index >= 15 is 0 Å². The molecule has 4 aromatic rings. The second-order valence-electron chi connectivity index (χ2n) is 4.58. The molecule has 0 aliphatic heterocycles. The number of anilines is 1. The zero-order valence-electron chi connectivity index (χ0n) is 10.2. The number of para-hydroxylation sites is 2. The predicted molar refractivity (Wildman–Crippen MR) is 79.0 cm³/mol. The van der Waals surface area contributed by atoms with E-state index in [1.807, 2.05) is 54.7 Å². The van der Waals surface area contributed by atoms with Crippen molar-refractivity contribution in [1.29, 1.82) is 0 Å². The minimum Gasteiger partial charge on any atom is -0.398 e. The molecule has 2 N–H and O–H groups in total. The zero-order valence-corrected chi connectivity index (χ0v) is 10.2. The Hall–Kier alpha value is -2.68. The summed E-state index contributed by atoms with van der Waals surface area (Å²) in [5.41, 5.74) is 9.80. The smallest absolute Gasteiger partial charge is 0.0840 e. The molecule has 0 amide bonds. The van der Waals surface area contributed by atoms with Crippen molar-refractivity contribution in [1.82, 2.24) is 9.97 Å². The molecule has 2 heterocycles. The third-order valence-electron chi connectivity index (χ3n) is 3.46. The largest absolute Gasteiger partial charge is 0.398 e. The Kier molecular flexibility index (Phi) is 1.97. The minimum absolute atomic E-state index is 0.749. The maximum absolute atomic E-state index is 6.27. The number of rotatable bonds is 0. The molecule has 0 saturated carbocycles. The summed E-state index contributed by atoms with van der Waals surface area (Å²) in [5, 5.41) is 2.93. The Morgan fingerprint density at radius 2 is 1.42 bits per heavy atom. The first-order valence-electron chi connectivity index (χ1n) is 6.16. The van der Waals surface area contributed by atoms with Gasteiger partial charge in [0.25, 0.3) is 0 Å². The lowest BCUT2D eigenvalue weighted by Crippen LogP contribution is -1.94. The maximum Gasteiger partial charge on any atom is 0.0840 e. The molecular formula is C16H11N3.